The summed E-state index contributed by atoms with van der Waals surface area (Å²) in [5.41, 5.74) is 1.78. The van der Waals surface area contributed by atoms with Crippen LogP contribution in [0.3, 0.4) is 0 Å². The lowest BCUT2D eigenvalue weighted by Crippen LogP contribution is -2.32. The van der Waals surface area contributed by atoms with Gasteiger partial charge in [-0.1, -0.05) is 59.1 Å². The zero-order valence-electron chi connectivity index (χ0n) is 14.4. The number of carbonyl (C=O) groups excluding carboxylic acids is 2. The molecule has 0 bridgehead atoms. The number of ketones is 1. The first-order valence-electron chi connectivity index (χ1n) is 8.26. The number of nitrogens with zero attached hydrogens (tertiary/aromatic N) is 1. The number of aliphatic hydroxyl groups is 2. The number of benzene rings is 2. The fourth-order valence-corrected chi connectivity index (χ4v) is 3.64. The Morgan fingerprint density at radius 3 is 2.37 bits per heavy atom. The Hall–Kier alpha value is -2.34. The van der Waals surface area contributed by atoms with Crippen molar-refractivity contribution < 1.29 is 19.8 Å². The topological polar surface area (TPSA) is 77.8 Å². The van der Waals surface area contributed by atoms with E-state index in [9.17, 15) is 19.8 Å². The monoisotopic (exact) mass is 405 g/mol. The zero-order valence-corrected chi connectivity index (χ0v) is 16.0. The van der Waals surface area contributed by atoms with Gasteiger partial charge in [-0.2, -0.15) is 0 Å². The molecular formula is C20H17Cl2NO4. The molecular weight excluding hydrogens is 389 g/mol. The summed E-state index contributed by atoms with van der Waals surface area (Å²) >= 11 is 12.3. The first kappa shape index (κ1) is 19.4. The van der Waals surface area contributed by atoms with E-state index in [2.05, 4.69) is 0 Å². The number of aryl methyl sites for hydroxylation is 1. The molecule has 2 N–H and O–H groups in total. The van der Waals surface area contributed by atoms with Crippen molar-refractivity contribution in [3.05, 3.63) is 74.8 Å². The van der Waals surface area contributed by atoms with Gasteiger partial charge in [0.25, 0.3) is 11.7 Å². The minimum atomic E-state index is -0.914. The SMILES string of the molecule is Cc1ccc(/C(O)=C2/C(=O)C(=O)N(CCO)C2c2ccc(Cl)cc2Cl)cc1. The van der Waals surface area contributed by atoms with E-state index in [1.165, 1.54) is 11.0 Å². The molecule has 1 amide bonds. The molecule has 1 fully saturated rings. The Bertz CT molecular complexity index is 937. The summed E-state index contributed by atoms with van der Waals surface area (Å²) in [7, 11) is 0. The minimum absolute atomic E-state index is 0.0680. The Kier molecular flexibility index (Phi) is 5.56. The van der Waals surface area contributed by atoms with E-state index >= 15 is 0 Å². The first-order valence-corrected chi connectivity index (χ1v) is 9.02. The average Bonchev–Trinajstić information content (AvgIpc) is 2.87. The van der Waals surface area contributed by atoms with Crippen LogP contribution in [0.25, 0.3) is 5.76 Å². The number of carbonyl (C=O) groups is 2. The number of hydrogen-bond donors (Lipinski definition) is 2. The molecule has 5 nitrogen and oxygen atoms in total. The Morgan fingerprint density at radius 2 is 1.78 bits per heavy atom. The predicted octanol–water partition coefficient (Wildman–Crippen LogP) is 3.72. The number of β-amino-alcohol motifs (C(OH)–C–C–N with tert-alkyl or cyclic N) is 1. The number of amides is 1. The maximum Gasteiger partial charge on any atom is 0.295 e. The molecule has 0 aliphatic carbocycles. The number of Topliss-reactive ketones (excluding diaryl/α,β-unsaturated/α-hetero) is 1. The quantitative estimate of drug-likeness (QED) is 0.461. The lowest BCUT2D eigenvalue weighted by atomic mass is 9.95. The summed E-state index contributed by atoms with van der Waals surface area (Å²) in [4.78, 5) is 26.4. The van der Waals surface area contributed by atoms with Gasteiger partial charge in [-0.05, 0) is 24.6 Å². The van der Waals surface area contributed by atoms with Crippen LogP contribution in [0.15, 0.2) is 48.0 Å². The van der Waals surface area contributed by atoms with Gasteiger partial charge in [0, 0.05) is 22.2 Å². The lowest BCUT2D eigenvalue weighted by molar-refractivity contribution is -0.140. The third-order valence-corrected chi connectivity index (χ3v) is 5.03. The molecule has 2 aromatic carbocycles. The van der Waals surface area contributed by atoms with Crippen molar-refractivity contribution in [1.29, 1.82) is 0 Å². The van der Waals surface area contributed by atoms with Crippen LogP contribution in [-0.4, -0.2) is 40.0 Å². The van der Waals surface area contributed by atoms with Crippen molar-refractivity contribution >= 4 is 40.7 Å². The molecule has 0 radical (unpaired) electrons. The fourth-order valence-electron chi connectivity index (χ4n) is 3.13. The van der Waals surface area contributed by atoms with Crippen LogP contribution in [0.5, 0.6) is 0 Å². The number of halogens is 2. The van der Waals surface area contributed by atoms with Crippen molar-refractivity contribution in [3.63, 3.8) is 0 Å². The molecule has 0 spiro atoms. The highest BCUT2D eigenvalue weighted by Gasteiger charge is 2.46. The van der Waals surface area contributed by atoms with Crippen molar-refractivity contribution in [2.45, 2.75) is 13.0 Å². The van der Waals surface area contributed by atoms with Crippen LogP contribution >= 0.6 is 23.2 Å². The molecule has 1 atom stereocenters. The third kappa shape index (κ3) is 3.58. The van der Waals surface area contributed by atoms with Crippen LogP contribution in [0.4, 0.5) is 0 Å². The van der Waals surface area contributed by atoms with Crippen LogP contribution in [0.1, 0.15) is 22.7 Å². The molecule has 3 rings (SSSR count). The number of likely N-dealkylation sites (tertiary alicyclic amines) is 1. The predicted molar refractivity (Wildman–Crippen MR) is 104 cm³/mol. The second-order valence-electron chi connectivity index (χ2n) is 6.25. The minimum Gasteiger partial charge on any atom is -0.507 e. The van der Waals surface area contributed by atoms with Gasteiger partial charge < -0.3 is 15.1 Å². The summed E-state index contributed by atoms with van der Waals surface area (Å²) < 4.78 is 0. The van der Waals surface area contributed by atoms with Gasteiger partial charge in [0.2, 0.25) is 0 Å². The fraction of sp³-hybridized carbons (Fsp3) is 0.200. The van der Waals surface area contributed by atoms with Gasteiger partial charge in [-0.3, -0.25) is 9.59 Å². The summed E-state index contributed by atoms with van der Waals surface area (Å²) in [5.74, 6) is -1.91. The van der Waals surface area contributed by atoms with Gasteiger partial charge in [-0.15, -0.1) is 0 Å². The maximum atomic E-state index is 12.7. The van der Waals surface area contributed by atoms with Crippen molar-refractivity contribution in [3.8, 4) is 0 Å². The zero-order chi connectivity index (χ0) is 19.7. The molecule has 1 aliphatic rings. The molecule has 1 heterocycles. The second-order valence-corrected chi connectivity index (χ2v) is 7.09. The average molecular weight is 406 g/mol. The number of hydrogen-bond acceptors (Lipinski definition) is 4. The maximum absolute atomic E-state index is 12.7. The summed E-state index contributed by atoms with van der Waals surface area (Å²) in [6.45, 7) is 1.50. The van der Waals surface area contributed by atoms with E-state index in [4.69, 9.17) is 23.2 Å². The highest BCUT2D eigenvalue weighted by atomic mass is 35.5. The smallest absolute Gasteiger partial charge is 0.295 e. The molecule has 1 aliphatic heterocycles. The van der Waals surface area contributed by atoms with E-state index in [0.717, 1.165) is 5.56 Å². The van der Waals surface area contributed by atoms with Gasteiger partial charge in [0.1, 0.15) is 5.76 Å². The van der Waals surface area contributed by atoms with Crippen LogP contribution in [0.2, 0.25) is 10.0 Å². The van der Waals surface area contributed by atoms with Crippen molar-refractivity contribution in [2.75, 3.05) is 13.2 Å². The molecule has 7 heteroatoms. The molecule has 140 valence electrons. The second kappa shape index (κ2) is 7.72. The van der Waals surface area contributed by atoms with Crippen molar-refractivity contribution in [2.24, 2.45) is 0 Å². The Balaban J connectivity index is 2.22. The molecule has 1 unspecified atom stereocenters. The highest BCUT2D eigenvalue weighted by molar-refractivity contribution is 6.47. The third-order valence-electron chi connectivity index (χ3n) is 4.46. The summed E-state index contributed by atoms with van der Waals surface area (Å²) in [5, 5.41) is 20.8. The first-order chi connectivity index (χ1) is 12.8. The van der Waals surface area contributed by atoms with E-state index in [1.807, 2.05) is 6.92 Å². The molecule has 0 saturated carbocycles. The highest BCUT2D eigenvalue weighted by Crippen LogP contribution is 2.42. The number of rotatable bonds is 4. The lowest BCUT2D eigenvalue weighted by Gasteiger charge is -2.25. The Morgan fingerprint density at radius 1 is 1.11 bits per heavy atom. The molecule has 0 aromatic heterocycles. The van der Waals surface area contributed by atoms with E-state index < -0.39 is 17.7 Å². The number of aliphatic hydroxyl groups excluding tert-OH is 2. The largest absolute Gasteiger partial charge is 0.507 e. The molecule has 1 saturated heterocycles. The van der Waals surface area contributed by atoms with E-state index in [0.29, 0.717) is 16.1 Å². The van der Waals surface area contributed by atoms with Gasteiger partial charge in [0.05, 0.1) is 18.2 Å². The standard InChI is InChI=1S/C20H17Cl2NO4/c1-11-2-4-12(5-3-11)18(25)16-17(14-7-6-13(21)10-15(14)22)23(8-9-24)20(27)19(16)26/h2-7,10,17,24-25H,8-9H2,1H3/b18-16-. The van der Waals surface area contributed by atoms with Gasteiger partial charge in [0.15, 0.2) is 0 Å². The summed E-state index contributed by atoms with van der Waals surface area (Å²) in [6, 6.07) is 10.7. The van der Waals surface area contributed by atoms with E-state index in [-0.39, 0.29) is 29.5 Å². The van der Waals surface area contributed by atoms with Gasteiger partial charge >= 0.3 is 0 Å². The van der Waals surface area contributed by atoms with Crippen LogP contribution in [-0.2, 0) is 9.59 Å². The molecule has 2 aromatic rings. The van der Waals surface area contributed by atoms with E-state index in [1.54, 1.807) is 36.4 Å². The van der Waals surface area contributed by atoms with Crippen molar-refractivity contribution in [1.82, 2.24) is 4.90 Å². The molecule has 27 heavy (non-hydrogen) atoms. The normalized spacial score (nSPS) is 19.0. The summed E-state index contributed by atoms with van der Waals surface area (Å²) in [6.07, 6.45) is 0. The Labute approximate surface area is 166 Å². The van der Waals surface area contributed by atoms with Crippen LogP contribution < -0.4 is 0 Å². The van der Waals surface area contributed by atoms with Crippen LogP contribution in [0, 0.1) is 6.92 Å². The van der Waals surface area contributed by atoms with Gasteiger partial charge in [-0.25, -0.2) is 0 Å².